The van der Waals surface area contributed by atoms with Crippen LogP contribution in [0.2, 0.25) is 0 Å². The van der Waals surface area contributed by atoms with Gasteiger partial charge >= 0.3 is 0 Å². The number of nitrogens with one attached hydrogen (secondary N) is 1. The molecule has 0 aromatic carbocycles. The lowest BCUT2D eigenvalue weighted by Gasteiger charge is -2.16. The highest BCUT2D eigenvalue weighted by atomic mass is 35.5. The van der Waals surface area contributed by atoms with Crippen LogP contribution in [0.25, 0.3) is 11.0 Å². The Bertz CT molecular complexity index is 614. The summed E-state index contributed by atoms with van der Waals surface area (Å²) in [6.07, 6.45) is 5.31. The summed E-state index contributed by atoms with van der Waals surface area (Å²) >= 11 is 6.05. The van der Waals surface area contributed by atoms with E-state index in [4.69, 9.17) is 21.3 Å². The zero-order valence-corrected chi connectivity index (χ0v) is 15.1. The number of nitrogens with zero attached hydrogens (tertiary/aromatic N) is 3. The SMILES string of the molecule is CCCCNc1ccc2c(CCl)nn(C(CCCC)OC)c2n1. The largest absolute Gasteiger partial charge is 0.370 e. The van der Waals surface area contributed by atoms with Crippen LogP contribution in [-0.4, -0.2) is 28.4 Å². The Labute approximate surface area is 143 Å². The van der Waals surface area contributed by atoms with E-state index in [0.29, 0.717) is 5.88 Å². The van der Waals surface area contributed by atoms with E-state index in [1.165, 1.54) is 0 Å². The maximum Gasteiger partial charge on any atom is 0.163 e. The molecule has 1 unspecified atom stereocenters. The van der Waals surface area contributed by atoms with E-state index in [9.17, 15) is 0 Å². The van der Waals surface area contributed by atoms with Gasteiger partial charge in [-0.2, -0.15) is 5.10 Å². The Morgan fingerprint density at radius 2 is 2.04 bits per heavy atom. The molecule has 0 aliphatic carbocycles. The molecular formula is C17H27ClN4O. The van der Waals surface area contributed by atoms with Crippen molar-refractivity contribution >= 4 is 28.5 Å². The third kappa shape index (κ3) is 4.36. The molecule has 5 nitrogen and oxygen atoms in total. The molecular weight excluding hydrogens is 312 g/mol. The fourth-order valence-corrected chi connectivity index (χ4v) is 2.79. The summed E-state index contributed by atoms with van der Waals surface area (Å²) in [6, 6.07) is 4.04. The van der Waals surface area contributed by atoms with Crippen molar-refractivity contribution in [1.29, 1.82) is 0 Å². The van der Waals surface area contributed by atoms with Crippen LogP contribution in [0.15, 0.2) is 12.1 Å². The third-order valence-corrected chi connectivity index (χ3v) is 4.20. The van der Waals surface area contributed by atoms with E-state index in [1.54, 1.807) is 7.11 Å². The van der Waals surface area contributed by atoms with E-state index < -0.39 is 0 Å². The van der Waals surface area contributed by atoms with Crippen molar-refractivity contribution in [3.63, 3.8) is 0 Å². The number of unbranched alkanes of at least 4 members (excludes halogenated alkanes) is 2. The minimum Gasteiger partial charge on any atom is -0.370 e. The Morgan fingerprint density at radius 1 is 1.26 bits per heavy atom. The number of halogens is 1. The number of anilines is 1. The fourth-order valence-electron chi connectivity index (χ4n) is 2.59. The summed E-state index contributed by atoms with van der Waals surface area (Å²) in [5.74, 6) is 1.25. The molecule has 0 radical (unpaired) electrons. The molecule has 0 fully saturated rings. The highest BCUT2D eigenvalue weighted by Gasteiger charge is 2.18. The average molecular weight is 339 g/mol. The zero-order valence-electron chi connectivity index (χ0n) is 14.3. The molecule has 1 atom stereocenters. The second kappa shape index (κ2) is 9.08. The molecule has 2 heterocycles. The van der Waals surface area contributed by atoms with Gasteiger partial charge in [-0.1, -0.05) is 26.7 Å². The zero-order chi connectivity index (χ0) is 16.7. The van der Waals surface area contributed by atoms with Crippen LogP contribution >= 0.6 is 11.6 Å². The molecule has 0 bridgehead atoms. The number of hydrogen-bond donors (Lipinski definition) is 1. The van der Waals surface area contributed by atoms with Crippen molar-refractivity contribution < 1.29 is 4.74 Å². The van der Waals surface area contributed by atoms with Gasteiger partial charge in [0.1, 0.15) is 5.82 Å². The minimum absolute atomic E-state index is 0.104. The van der Waals surface area contributed by atoms with Crippen molar-refractivity contribution in [2.24, 2.45) is 0 Å². The predicted octanol–water partition coefficient (Wildman–Crippen LogP) is 4.72. The molecule has 0 saturated heterocycles. The third-order valence-electron chi connectivity index (χ3n) is 3.94. The van der Waals surface area contributed by atoms with Gasteiger partial charge in [0.25, 0.3) is 0 Å². The van der Waals surface area contributed by atoms with Crippen molar-refractivity contribution in [3.05, 3.63) is 17.8 Å². The number of fused-ring (bicyclic) bond motifs is 1. The molecule has 0 spiro atoms. The highest BCUT2D eigenvalue weighted by Crippen LogP contribution is 2.26. The lowest BCUT2D eigenvalue weighted by Crippen LogP contribution is -2.14. The molecule has 128 valence electrons. The molecule has 0 amide bonds. The maximum atomic E-state index is 6.05. The van der Waals surface area contributed by atoms with Gasteiger partial charge in [-0.15, -0.1) is 11.6 Å². The van der Waals surface area contributed by atoms with Gasteiger partial charge in [0.05, 0.1) is 11.6 Å². The van der Waals surface area contributed by atoms with E-state index in [0.717, 1.165) is 61.2 Å². The number of aromatic nitrogens is 3. The molecule has 2 aromatic rings. The van der Waals surface area contributed by atoms with Crippen molar-refractivity contribution in [2.45, 2.75) is 58.1 Å². The first-order valence-corrected chi connectivity index (χ1v) is 8.99. The lowest BCUT2D eigenvalue weighted by molar-refractivity contribution is 0.0281. The van der Waals surface area contributed by atoms with Gasteiger partial charge in [0.2, 0.25) is 0 Å². The molecule has 6 heteroatoms. The Hall–Kier alpha value is -1.33. The van der Waals surface area contributed by atoms with Crippen LogP contribution < -0.4 is 5.32 Å². The first-order valence-electron chi connectivity index (χ1n) is 8.45. The van der Waals surface area contributed by atoms with Crippen molar-refractivity contribution in [1.82, 2.24) is 14.8 Å². The van der Waals surface area contributed by atoms with Crippen LogP contribution in [0, 0.1) is 0 Å². The van der Waals surface area contributed by atoms with Crippen LogP contribution in [-0.2, 0) is 10.6 Å². The quantitative estimate of drug-likeness (QED) is 0.503. The van der Waals surface area contributed by atoms with Crippen LogP contribution in [0.3, 0.4) is 0 Å². The Kier molecular flexibility index (Phi) is 7.12. The number of rotatable bonds is 10. The molecule has 0 aliphatic heterocycles. The molecule has 2 aromatic heterocycles. The van der Waals surface area contributed by atoms with Gasteiger partial charge in [-0.05, 0) is 31.4 Å². The summed E-state index contributed by atoms with van der Waals surface area (Å²) in [4.78, 5) is 4.74. The van der Waals surface area contributed by atoms with Gasteiger partial charge in [0, 0.05) is 19.0 Å². The molecule has 0 aliphatic rings. The summed E-state index contributed by atoms with van der Waals surface area (Å²) in [5, 5.41) is 9.00. The molecule has 2 rings (SSSR count). The maximum absolute atomic E-state index is 6.05. The Morgan fingerprint density at radius 3 is 2.70 bits per heavy atom. The first-order chi connectivity index (χ1) is 11.2. The van der Waals surface area contributed by atoms with E-state index in [-0.39, 0.29) is 6.23 Å². The number of ether oxygens (including phenoxy) is 1. The summed E-state index contributed by atoms with van der Waals surface area (Å²) < 4.78 is 7.52. The smallest absolute Gasteiger partial charge is 0.163 e. The van der Waals surface area contributed by atoms with E-state index in [2.05, 4.69) is 24.3 Å². The normalized spacial score (nSPS) is 12.7. The first kappa shape index (κ1) is 18.0. The second-order valence-corrected chi connectivity index (χ2v) is 5.97. The highest BCUT2D eigenvalue weighted by molar-refractivity contribution is 6.17. The van der Waals surface area contributed by atoms with Crippen molar-refractivity contribution in [3.8, 4) is 0 Å². The lowest BCUT2D eigenvalue weighted by atomic mass is 10.2. The van der Waals surface area contributed by atoms with Gasteiger partial charge < -0.3 is 10.1 Å². The van der Waals surface area contributed by atoms with Gasteiger partial charge in [-0.3, -0.25) is 0 Å². The monoisotopic (exact) mass is 338 g/mol. The van der Waals surface area contributed by atoms with E-state index >= 15 is 0 Å². The number of alkyl halides is 1. The summed E-state index contributed by atoms with van der Waals surface area (Å²) in [6.45, 7) is 5.28. The average Bonchev–Trinajstić information content (AvgIpc) is 2.94. The second-order valence-electron chi connectivity index (χ2n) is 5.71. The molecule has 1 N–H and O–H groups in total. The minimum atomic E-state index is -0.104. The Balaban J connectivity index is 2.35. The van der Waals surface area contributed by atoms with Gasteiger partial charge in [0.15, 0.2) is 11.9 Å². The van der Waals surface area contributed by atoms with Crippen LogP contribution in [0.1, 0.15) is 57.9 Å². The summed E-state index contributed by atoms with van der Waals surface area (Å²) in [5.41, 5.74) is 1.69. The number of pyridine rings is 1. The number of hydrogen-bond acceptors (Lipinski definition) is 4. The van der Waals surface area contributed by atoms with Crippen LogP contribution in [0.5, 0.6) is 0 Å². The fraction of sp³-hybridized carbons (Fsp3) is 0.647. The topological polar surface area (TPSA) is 52.0 Å². The van der Waals surface area contributed by atoms with Gasteiger partial charge in [-0.25, -0.2) is 9.67 Å². The molecule has 23 heavy (non-hydrogen) atoms. The molecule has 0 saturated carbocycles. The predicted molar refractivity (Wildman–Crippen MR) is 96.1 cm³/mol. The van der Waals surface area contributed by atoms with Crippen molar-refractivity contribution in [2.75, 3.05) is 19.0 Å². The standard InChI is InChI=1S/C17H27ClN4O/c1-4-6-8-16(23-3)22-17-13(14(12-18)21-22)9-10-15(20-17)19-11-7-5-2/h9-10,16H,4-8,11-12H2,1-3H3,(H,19,20). The summed E-state index contributed by atoms with van der Waals surface area (Å²) in [7, 11) is 1.72. The van der Waals surface area contributed by atoms with Crippen LogP contribution in [0.4, 0.5) is 5.82 Å². The number of methoxy groups -OCH3 is 1. The van der Waals surface area contributed by atoms with E-state index in [1.807, 2.05) is 16.8 Å².